The fourth-order valence-corrected chi connectivity index (χ4v) is 3.52. The third kappa shape index (κ3) is 2.26. The molecule has 124 valence electrons. The molecule has 1 aliphatic rings. The third-order valence-electron chi connectivity index (χ3n) is 4.68. The monoisotopic (exact) mass is 330 g/mol. The summed E-state index contributed by atoms with van der Waals surface area (Å²) in [5.41, 5.74) is 9.36. The van der Waals surface area contributed by atoms with Gasteiger partial charge in [0.25, 0.3) is 0 Å². The first kappa shape index (κ1) is 15.3. The number of ether oxygens (including phenoxy) is 1. The van der Waals surface area contributed by atoms with Crippen LogP contribution in [0, 0.1) is 11.3 Å². The average molecular weight is 330 g/mol. The van der Waals surface area contributed by atoms with Gasteiger partial charge in [-0.15, -0.1) is 5.10 Å². The average Bonchev–Trinajstić information content (AvgIpc) is 3.03. The van der Waals surface area contributed by atoms with Crippen LogP contribution in [0.3, 0.4) is 0 Å². The van der Waals surface area contributed by atoms with Crippen LogP contribution in [0.1, 0.15) is 42.5 Å². The summed E-state index contributed by atoms with van der Waals surface area (Å²) in [6.07, 6.45) is 0. The van der Waals surface area contributed by atoms with E-state index >= 15 is 0 Å². The number of nitrogens with zero attached hydrogens (tertiary/aromatic N) is 2. The predicted octanol–water partition coefficient (Wildman–Crippen LogP) is 3.90. The lowest BCUT2D eigenvalue weighted by Crippen LogP contribution is -2.21. The highest BCUT2D eigenvalue weighted by Gasteiger charge is 2.36. The Morgan fingerprint density at radius 3 is 2.72 bits per heavy atom. The molecule has 4 rings (SSSR count). The Kier molecular flexibility index (Phi) is 3.47. The van der Waals surface area contributed by atoms with Crippen molar-refractivity contribution in [3.63, 3.8) is 0 Å². The molecule has 0 saturated carbocycles. The number of rotatable bonds is 2. The van der Waals surface area contributed by atoms with Crippen molar-refractivity contribution in [2.45, 2.75) is 25.7 Å². The Morgan fingerprint density at radius 1 is 1.20 bits per heavy atom. The zero-order valence-electron chi connectivity index (χ0n) is 14.1. The minimum absolute atomic E-state index is 0.120. The summed E-state index contributed by atoms with van der Waals surface area (Å²) in [4.78, 5) is 0. The van der Waals surface area contributed by atoms with Gasteiger partial charge >= 0.3 is 0 Å². The van der Waals surface area contributed by atoms with E-state index in [0.717, 1.165) is 27.6 Å². The van der Waals surface area contributed by atoms with Crippen molar-refractivity contribution in [1.82, 2.24) is 10.2 Å². The van der Waals surface area contributed by atoms with E-state index in [2.05, 4.69) is 48.3 Å². The van der Waals surface area contributed by atoms with Crippen LogP contribution < -0.4 is 10.5 Å². The maximum atomic E-state index is 9.76. The van der Waals surface area contributed by atoms with Gasteiger partial charge in [-0.1, -0.05) is 56.3 Å². The second kappa shape index (κ2) is 5.67. The minimum atomic E-state index is -0.295. The van der Waals surface area contributed by atoms with Crippen LogP contribution in [0.25, 0.3) is 10.8 Å². The Hall–Kier alpha value is -3.26. The molecule has 5 nitrogen and oxygen atoms in total. The van der Waals surface area contributed by atoms with Crippen LogP contribution in [-0.4, -0.2) is 10.2 Å². The zero-order chi connectivity index (χ0) is 17.6. The van der Waals surface area contributed by atoms with Gasteiger partial charge in [0, 0.05) is 5.69 Å². The second-order valence-electron chi connectivity index (χ2n) is 6.50. The summed E-state index contributed by atoms with van der Waals surface area (Å²) in [6.45, 7) is 4.17. The Bertz CT molecular complexity index is 1030. The number of hydrogen-bond donors (Lipinski definition) is 2. The van der Waals surface area contributed by atoms with E-state index in [0.29, 0.717) is 11.5 Å². The molecule has 0 radical (unpaired) electrons. The van der Waals surface area contributed by atoms with Crippen LogP contribution >= 0.6 is 0 Å². The van der Waals surface area contributed by atoms with Crippen LogP contribution in [0.2, 0.25) is 0 Å². The minimum Gasteiger partial charge on any atom is -0.420 e. The molecular weight excluding hydrogens is 312 g/mol. The molecule has 1 aromatic heterocycles. The molecule has 1 atom stereocenters. The molecule has 0 saturated heterocycles. The first-order valence-electron chi connectivity index (χ1n) is 8.25. The number of benzene rings is 2. The van der Waals surface area contributed by atoms with Gasteiger partial charge in [0.15, 0.2) is 0 Å². The second-order valence-corrected chi connectivity index (χ2v) is 6.50. The number of hydrogen-bond acceptors (Lipinski definition) is 4. The zero-order valence-corrected chi connectivity index (χ0v) is 14.1. The maximum absolute atomic E-state index is 9.76. The number of H-pyrrole nitrogens is 1. The molecule has 0 aliphatic carbocycles. The summed E-state index contributed by atoms with van der Waals surface area (Å²) in [7, 11) is 0. The van der Waals surface area contributed by atoms with Crippen LogP contribution in [0.15, 0.2) is 53.9 Å². The van der Waals surface area contributed by atoms with Gasteiger partial charge < -0.3 is 10.5 Å². The van der Waals surface area contributed by atoms with E-state index in [1.807, 2.05) is 24.3 Å². The van der Waals surface area contributed by atoms with Crippen LogP contribution in [0.4, 0.5) is 0 Å². The van der Waals surface area contributed by atoms with Gasteiger partial charge in [0.2, 0.25) is 11.8 Å². The molecule has 5 heteroatoms. The first-order valence-corrected chi connectivity index (χ1v) is 8.25. The van der Waals surface area contributed by atoms with Crippen molar-refractivity contribution < 1.29 is 4.74 Å². The van der Waals surface area contributed by atoms with E-state index < -0.39 is 0 Å². The summed E-state index contributed by atoms with van der Waals surface area (Å²) in [6, 6.07) is 16.5. The number of allylic oxidation sites excluding steroid dienone is 1. The van der Waals surface area contributed by atoms with Gasteiger partial charge in [-0.2, -0.15) is 5.26 Å². The van der Waals surface area contributed by atoms with Gasteiger partial charge in [0.1, 0.15) is 11.6 Å². The Labute approximate surface area is 145 Å². The standard InChI is InChI=1S/C20H18N4O/c1-11(2)18-17-16(15(10-21)19(22)25-20(17)24-23-18)14-9-5-7-12-6-3-4-8-13(12)14/h3-9,11,16H,22H2,1-2H3,(H,23,24)/t16-/m0/s1. The van der Waals surface area contributed by atoms with Crippen molar-refractivity contribution in [3.05, 3.63) is 70.7 Å². The van der Waals surface area contributed by atoms with E-state index in [1.165, 1.54) is 0 Å². The number of nitriles is 1. The number of nitrogens with one attached hydrogen (secondary N) is 1. The Balaban J connectivity index is 2.05. The largest absolute Gasteiger partial charge is 0.420 e. The molecule has 3 N–H and O–H groups in total. The highest BCUT2D eigenvalue weighted by atomic mass is 16.5. The SMILES string of the molecule is CC(C)c1[nH]nc2c1[C@@H](c1cccc3ccccc13)C(C#N)=C(N)O2. The fraction of sp³-hybridized carbons (Fsp3) is 0.200. The van der Waals surface area contributed by atoms with E-state index in [-0.39, 0.29) is 17.7 Å². The van der Waals surface area contributed by atoms with Gasteiger partial charge in [0.05, 0.1) is 11.5 Å². The normalized spacial score (nSPS) is 16.6. The summed E-state index contributed by atoms with van der Waals surface area (Å²) < 4.78 is 5.62. The van der Waals surface area contributed by atoms with E-state index in [9.17, 15) is 5.26 Å². The van der Waals surface area contributed by atoms with Gasteiger partial charge in [-0.05, 0) is 22.3 Å². The highest BCUT2D eigenvalue weighted by Crippen LogP contribution is 2.45. The van der Waals surface area contributed by atoms with Gasteiger partial charge in [-0.25, -0.2) is 0 Å². The van der Waals surface area contributed by atoms with Crippen molar-refractivity contribution in [3.8, 4) is 11.9 Å². The number of aromatic amines is 1. The van der Waals surface area contributed by atoms with Crippen molar-refractivity contribution in [2.75, 3.05) is 0 Å². The lowest BCUT2D eigenvalue weighted by molar-refractivity contribution is 0.379. The molecule has 0 fully saturated rings. The maximum Gasteiger partial charge on any atom is 0.244 e. The molecular formula is C20H18N4O. The smallest absolute Gasteiger partial charge is 0.244 e. The molecule has 25 heavy (non-hydrogen) atoms. The number of nitrogens with two attached hydrogens (primary N) is 1. The first-order chi connectivity index (χ1) is 12.1. The highest BCUT2D eigenvalue weighted by molar-refractivity contribution is 5.87. The summed E-state index contributed by atoms with van der Waals surface area (Å²) in [5, 5.41) is 19.3. The summed E-state index contributed by atoms with van der Waals surface area (Å²) >= 11 is 0. The molecule has 1 aliphatic heterocycles. The topological polar surface area (TPSA) is 87.7 Å². The number of aromatic nitrogens is 2. The quantitative estimate of drug-likeness (QED) is 0.746. The van der Waals surface area contributed by atoms with Crippen molar-refractivity contribution in [2.24, 2.45) is 5.73 Å². The van der Waals surface area contributed by atoms with Crippen LogP contribution in [0.5, 0.6) is 5.88 Å². The van der Waals surface area contributed by atoms with E-state index in [4.69, 9.17) is 10.5 Å². The lowest BCUT2D eigenvalue weighted by atomic mass is 9.80. The predicted molar refractivity (Wildman–Crippen MR) is 95.9 cm³/mol. The van der Waals surface area contributed by atoms with Crippen molar-refractivity contribution >= 4 is 10.8 Å². The molecule has 2 aromatic carbocycles. The lowest BCUT2D eigenvalue weighted by Gasteiger charge is -2.25. The molecule has 0 unspecified atom stereocenters. The summed E-state index contributed by atoms with van der Waals surface area (Å²) in [5.74, 6) is 0.500. The van der Waals surface area contributed by atoms with Gasteiger partial charge in [-0.3, -0.25) is 5.10 Å². The van der Waals surface area contributed by atoms with Crippen molar-refractivity contribution in [1.29, 1.82) is 5.26 Å². The van der Waals surface area contributed by atoms with E-state index in [1.54, 1.807) is 0 Å². The molecule has 0 bridgehead atoms. The third-order valence-corrected chi connectivity index (χ3v) is 4.68. The molecule has 0 amide bonds. The molecule has 0 spiro atoms. The fourth-order valence-electron chi connectivity index (χ4n) is 3.52. The molecule has 2 heterocycles. The Morgan fingerprint density at radius 2 is 1.96 bits per heavy atom. The van der Waals surface area contributed by atoms with Crippen LogP contribution in [-0.2, 0) is 0 Å². The molecule has 3 aromatic rings. The number of fused-ring (bicyclic) bond motifs is 2.